The molecule has 0 aromatic carbocycles. The summed E-state index contributed by atoms with van der Waals surface area (Å²) in [5, 5.41) is 8.51. The van der Waals surface area contributed by atoms with Gasteiger partial charge in [-0.05, 0) is 12.8 Å². The van der Waals surface area contributed by atoms with Crippen molar-refractivity contribution in [1.82, 2.24) is 0 Å². The number of carboxylic acid groups (broad SMARTS) is 1. The van der Waals surface area contributed by atoms with Gasteiger partial charge in [0.1, 0.15) is 0 Å². The monoisotopic (exact) mass is 221 g/mol. The zero-order valence-electron chi connectivity index (χ0n) is 8.59. The Morgan fingerprint density at radius 2 is 1.73 bits per heavy atom. The molecule has 0 aromatic rings. The summed E-state index contributed by atoms with van der Waals surface area (Å²) in [7, 11) is 0. The van der Waals surface area contributed by atoms with E-state index in [-0.39, 0.29) is 0 Å². The third kappa shape index (κ3) is 2.87. The van der Waals surface area contributed by atoms with Gasteiger partial charge in [0.25, 0.3) is 5.92 Å². The van der Waals surface area contributed by atoms with Crippen molar-refractivity contribution in [3.63, 3.8) is 0 Å². The van der Waals surface area contributed by atoms with Crippen LogP contribution in [0.1, 0.15) is 38.5 Å². The Balaban J connectivity index is 2.69. The van der Waals surface area contributed by atoms with Crippen LogP contribution < -0.4 is 5.73 Å². The van der Waals surface area contributed by atoms with Gasteiger partial charge in [-0.25, -0.2) is 8.78 Å². The van der Waals surface area contributed by atoms with E-state index in [2.05, 4.69) is 0 Å². The van der Waals surface area contributed by atoms with Gasteiger partial charge < -0.3 is 10.8 Å². The lowest BCUT2D eigenvalue weighted by atomic mass is 9.89. The van der Waals surface area contributed by atoms with Gasteiger partial charge in [0.2, 0.25) is 0 Å². The van der Waals surface area contributed by atoms with Gasteiger partial charge >= 0.3 is 5.97 Å². The second kappa shape index (κ2) is 4.88. The van der Waals surface area contributed by atoms with Gasteiger partial charge in [-0.3, -0.25) is 4.79 Å². The van der Waals surface area contributed by atoms with Gasteiger partial charge in [-0.2, -0.15) is 0 Å². The highest BCUT2D eigenvalue weighted by molar-refractivity contribution is 5.74. The molecule has 0 spiro atoms. The smallest absolute Gasteiger partial charge is 0.326 e. The lowest BCUT2D eigenvalue weighted by molar-refractivity contribution is -0.155. The quantitative estimate of drug-likeness (QED) is 0.716. The van der Waals surface area contributed by atoms with E-state index >= 15 is 0 Å². The van der Waals surface area contributed by atoms with E-state index in [1.807, 2.05) is 0 Å². The maximum atomic E-state index is 13.6. The van der Waals surface area contributed by atoms with Crippen LogP contribution in [0.15, 0.2) is 0 Å². The second-order valence-electron chi connectivity index (χ2n) is 4.18. The fraction of sp³-hybridized carbons (Fsp3) is 0.900. The van der Waals surface area contributed by atoms with Crippen molar-refractivity contribution in [2.75, 3.05) is 0 Å². The van der Waals surface area contributed by atoms with Crippen LogP contribution in [0.4, 0.5) is 8.78 Å². The lowest BCUT2D eigenvalue weighted by Crippen LogP contribution is -2.51. The summed E-state index contributed by atoms with van der Waals surface area (Å²) >= 11 is 0. The number of hydrogen-bond acceptors (Lipinski definition) is 2. The fourth-order valence-electron chi connectivity index (χ4n) is 2.08. The molecule has 3 N–H and O–H groups in total. The molecule has 3 nitrogen and oxygen atoms in total. The number of carboxylic acids is 1. The molecule has 0 aliphatic heterocycles. The van der Waals surface area contributed by atoms with E-state index in [0.717, 1.165) is 25.7 Å². The van der Waals surface area contributed by atoms with Gasteiger partial charge in [-0.1, -0.05) is 25.7 Å². The first-order chi connectivity index (χ1) is 6.96. The van der Waals surface area contributed by atoms with Crippen molar-refractivity contribution in [1.29, 1.82) is 0 Å². The highest BCUT2D eigenvalue weighted by Crippen LogP contribution is 2.37. The zero-order valence-corrected chi connectivity index (χ0v) is 8.59. The molecule has 0 saturated heterocycles. The number of aliphatic carboxylic acids is 1. The second-order valence-corrected chi connectivity index (χ2v) is 4.18. The van der Waals surface area contributed by atoms with Gasteiger partial charge in [0, 0.05) is 5.92 Å². The summed E-state index contributed by atoms with van der Waals surface area (Å²) < 4.78 is 27.3. The van der Waals surface area contributed by atoms with Crippen molar-refractivity contribution in [2.24, 2.45) is 11.7 Å². The van der Waals surface area contributed by atoms with Gasteiger partial charge in [0.05, 0.1) is 0 Å². The summed E-state index contributed by atoms with van der Waals surface area (Å²) in [5.74, 6) is -5.77. The first-order valence-electron chi connectivity index (χ1n) is 5.32. The molecule has 15 heavy (non-hydrogen) atoms. The third-order valence-electron chi connectivity index (χ3n) is 3.08. The SMILES string of the molecule is NC(C(=O)O)C(F)(F)C1CCCCCC1. The van der Waals surface area contributed by atoms with E-state index in [1.54, 1.807) is 0 Å². The van der Waals surface area contributed by atoms with Crippen LogP contribution in [0.2, 0.25) is 0 Å². The molecule has 1 aliphatic rings. The minimum Gasteiger partial charge on any atom is -0.480 e. The lowest BCUT2D eigenvalue weighted by Gasteiger charge is -2.28. The molecule has 1 rings (SSSR count). The van der Waals surface area contributed by atoms with Crippen LogP contribution in [-0.2, 0) is 4.79 Å². The molecule has 88 valence electrons. The van der Waals surface area contributed by atoms with Crippen LogP contribution >= 0.6 is 0 Å². The summed E-state index contributed by atoms with van der Waals surface area (Å²) in [4.78, 5) is 10.5. The van der Waals surface area contributed by atoms with Crippen molar-refractivity contribution in [3.05, 3.63) is 0 Å². The van der Waals surface area contributed by atoms with Crippen LogP contribution in [0.3, 0.4) is 0 Å². The number of hydrogen-bond donors (Lipinski definition) is 2. The van der Waals surface area contributed by atoms with Gasteiger partial charge in [-0.15, -0.1) is 0 Å². The normalized spacial score (nSPS) is 22.1. The summed E-state index contributed by atoms with van der Waals surface area (Å²) in [5.41, 5.74) is 5.03. The van der Waals surface area contributed by atoms with Crippen LogP contribution in [0, 0.1) is 5.92 Å². The summed E-state index contributed by atoms with van der Waals surface area (Å²) in [6.45, 7) is 0. The highest BCUT2D eigenvalue weighted by atomic mass is 19.3. The molecular weight excluding hydrogens is 204 g/mol. The largest absolute Gasteiger partial charge is 0.480 e. The van der Waals surface area contributed by atoms with Crippen molar-refractivity contribution < 1.29 is 18.7 Å². The molecular formula is C10H17F2NO2. The van der Waals surface area contributed by atoms with E-state index in [1.165, 1.54) is 0 Å². The molecule has 1 unspecified atom stereocenters. The molecule has 0 bridgehead atoms. The number of alkyl halides is 2. The first kappa shape index (κ1) is 12.4. The molecule has 0 radical (unpaired) electrons. The Kier molecular flexibility index (Phi) is 4.02. The number of nitrogens with two attached hydrogens (primary N) is 1. The van der Waals surface area contributed by atoms with E-state index < -0.39 is 23.9 Å². The number of rotatable bonds is 3. The predicted octanol–water partition coefficient (Wildman–Crippen LogP) is 2.00. The Bertz CT molecular complexity index is 225. The van der Waals surface area contributed by atoms with Crippen molar-refractivity contribution >= 4 is 5.97 Å². The number of carbonyl (C=O) groups is 1. The maximum absolute atomic E-state index is 13.6. The van der Waals surface area contributed by atoms with E-state index in [4.69, 9.17) is 10.8 Å². The Morgan fingerprint density at radius 1 is 1.27 bits per heavy atom. The van der Waals surface area contributed by atoms with Crippen LogP contribution in [-0.4, -0.2) is 23.0 Å². The standard InChI is InChI=1S/C10H17F2NO2/c11-10(12,8(13)9(14)15)7-5-3-1-2-4-6-7/h7-8H,1-6,13H2,(H,14,15). The van der Waals surface area contributed by atoms with Gasteiger partial charge in [0.15, 0.2) is 6.04 Å². The van der Waals surface area contributed by atoms with E-state index in [0.29, 0.717) is 12.8 Å². The minimum absolute atomic E-state index is 0.383. The first-order valence-corrected chi connectivity index (χ1v) is 5.32. The molecule has 1 atom stereocenters. The summed E-state index contributed by atoms with van der Waals surface area (Å²) in [6, 6.07) is -2.07. The maximum Gasteiger partial charge on any atom is 0.326 e. The Hall–Kier alpha value is -0.710. The molecule has 1 saturated carbocycles. The topological polar surface area (TPSA) is 63.3 Å². The summed E-state index contributed by atoms with van der Waals surface area (Å²) in [6.07, 6.45) is 4.16. The Morgan fingerprint density at radius 3 is 2.13 bits per heavy atom. The number of halogens is 2. The molecule has 0 heterocycles. The molecule has 5 heteroatoms. The van der Waals surface area contributed by atoms with Crippen LogP contribution in [0.5, 0.6) is 0 Å². The average Bonchev–Trinajstić information content (AvgIpc) is 2.44. The highest BCUT2D eigenvalue weighted by Gasteiger charge is 2.48. The fourth-order valence-corrected chi connectivity index (χ4v) is 2.08. The molecule has 0 aromatic heterocycles. The van der Waals surface area contributed by atoms with Crippen molar-refractivity contribution in [3.8, 4) is 0 Å². The molecule has 1 aliphatic carbocycles. The average molecular weight is 221 g/mol. The third-order valence-corrected chi connectivity index (χ3v) is 3.08. The van der Waals surface area contributed by atoms with Crippen molar-refractivity contribution in [2.45, 2.75) is 50.5 Å². The Labute approximate surface area is 87.6 Å². The molecule has 1 fully saturated rings. The molecule has 0 amide bonds. The van der Waals surface area contributed by atoms with E-state index in [9.17, 15) is 13.6 Å². The van der Waals surface area contributed by atoms with Crippen LogP contribution in [0.25, 0.3) is 0 Å². The predicted molar refractivity (Wildman–Crippen MR) is 51.8 cm³/mol. The minimum atomic E-state index is -3.28. The zero-order chi connectivity index (χ0) is 11.5.